The number of hydrogen-bond donors (Lipinski definition) is 3. The van der Waals surface area contributed by atoms with Gasteiger partial charge in [-0.25, -0.2) is 4.98 Å². The van der Waals surface area contributed by atoms with Gasteiger partial charge >= 0.3 is 0 Å². The number of aliphatic imine (C=N–C) groups is 1. The van der Waals surface area contributed by atoms with Crippen molar-refractivity contribution in [2.24, 2.45) is 16.6 Å². The van der Waals surface area contributed by atoms with Crippen LogP contribution in [-0.2, 0) is 17.8 Å². The monoisotopic (exact) mass is 422 g/mol. The standard InChI is InChI=1S/C24H34N6O/c1-17-12-18(2)14-19(13-17)8-10-28-24(26-3)29-15-20-6-4-9-27-23(20)30-11-5-7-21(16-30)22(25)31/h4,6,9,12-14,21H,5,7-8,10-11,15-16H2,1-3H3,(H2,25,31)(H2,26,28,29). The fraction of sp³-hybridized carbons (Fsp3) is 0.458. The molecule has 31 heavy (non-hydrogen) atoms. The summed E-state index contributed by atoms with van der Waals surface area (Å²) in [5.41, 5.74) is 10.5. The van der Waals surface area contributed by atoms with Crippen LogP contribution in [0.4, 0.5) is 5.82 Å². The fourth-order valence-corrected chi connectivity index (χ4v) is 4.19. The van der Waals surface area contributed by atoms with Gasteiger partial charge in [-0.3, -0.25) is 9.79 Å². The van der Waals surface area contributed by atoms with Crippen molar-refractivity contribution in [3.05, 3.63) is 58.8 Å². The van der Waals surface area contributed by atoms with E-state index in [1.54, 1.807) is 13.2 Å². The maximum atomic E-state index is 11.6. The Balaban J connectivity index is 1.56. The second-order valence-corrected chi connectivity index (χ2v) is 8.27. The number of nitrogens with one attached hydrogen (secondary N) is 2. The molecule has 0 saturated carbocycles. The van der Waals surface area contributed by atoms with Gasteiger partial charge in [0.1, 0.15) is 5.82 Å². The van der Waals surface area contributed by atoms with Crippen LogP contribution >= 0.6 is 0 Å². The molecule has 0 spiro atoms. The Morgan fingerprint density at radius 2 is 2.03 bits per heavy atom. The summed E-state index contributed by atoms with van der Waals surface area (Å²) in [7, 11) is 1.78. The molecule has 0 radical (unpaired) electrons. The summed E-state index contributed by atoms with van der Waals surface area (Å²) >= 11 is 0. The molecule has 1 unspecified atom stereocenters. The smallest absolute Gasteiger partial charge is 0.222 e. The van der Waals surface area contributed by atoms with Crippen LogP contribution in [0.3, 0.4) is 0 Å². The summed E-state index contributed by atoms with van der Waals surface area (Å²) in [6, 6.07) is 10.6. The van der Waals surface area contributed by atoms with Crippen molar-refractivity contribution in [3.8, 4) is 0 Å². The van der Waals surface area contributed by atoms with Gasteiger partial charge in [0.05, 0.1) is 5.92 Å². The Hall–Kier alpha value is -3.09. The quantitative estimate of drug-likeness (QED) is 0.470. The Labute approximate surface area is 185 Å². The Kier molecular flexibility index (Phi) is 7.87. The van der Waals surface area contributed by atoms with E-state index in [0.29, 0.717) is 13.1 Å². The van der Waals surface area contributed by atoms with Gasteiger partial charge in [-0.15, -0.1) is 0 Å². The number of hydrogen-bond acceptors (Lipinski definition) is 4. The van der Waals surface area contributed by atoms with E-state index in [0.717, 1.165) is 49.7 Å². The summed E-state index contributed by atoms with van der Waals surface area (Å²) in [5, 5.41) is 6.78. The Morgan fingerprint density at radius 1 is 1.26 bits per heavy atom. The predicted octanol–water partition coefficient (Wildman–Crippen LogP) is 2.31. The number of aromatic nitrogens is 1. The van der Waals surface area contributed by atoms with E-state index >= 15 is 0 Å². The number of primary amides is 1. The minimum Gasteiger partial charge on any atom is -0.369 e. The Bertz CT molecular complexity index is 906. The molecule has 1 atom stereocenters. The summed E-state index contributed by atoms with van der Waals surface area (Å²) in [6.45, 7) is 7.17. The molecule has 1 fully saturated rings. The lowest BCUT2D eigenvalue weighted by atomic mass is 9.97. The predicted molar refractivity (Wildman–Crippen MR) is 126 cm³/mol. The largest absolute Gasteiger partial charge is 0.369 e. The van der Waals surface area contributed by atoms with Crippen molar-refractivity contribution >= 4 is 17.7 Å². The first kappa shape index (κ1) is 22.6. The number of anilines is 1. The summed E-state index contributed by atoms with van der Waals surface area (Å²) in [4.78, 5) is 22.8. The van der Waals surface area contributed by atoms with Crippen LogP contribution in [0.1, 0.15) is 35.1 Å². The molecule has 1 aliphatic rings. The zero-order valence-corrected chi connectivity index (χ0v) is 18.8. The highest BCUT2D eigenvalue weighted by molar-refractivity contribution is 5.80. The van der Waals surface area contributed by atoms with E-state index in [4.69, 9.17) is 5.73 Å². The number of pyridine rings is 1. The van der Waals surface area contributed by atoms with Gasteiger partial charge in [-0.05, 0) is 44.7 Å². The molecular weight excluding hydrogens is 388 g/mol. The molecule has 7 heteroatoms. The van der Waals surface area contributed by atoms with Crippen LogP contribution in [0.5, 0.6) is 0 Å². The van der Waals surface area contributed by atoms with Gasteiger partial charge in [-0.1, -0.05) is 35.4 Å². The van der Waals surface area contributed by atoms with Gasteiger partial charge in [0, 0.05) is 45.0 Å². The second kappa shape index (κ2) is 10.8. The highest BCUT2D eigenvalue weighted by Gasteiger charge is 2.25. The first-order valence-electron chi connectivity index (χ1n) is 11.0. The number of carbonyl (C=O) groups excluding carboxylic acids is 1. The molecule has 4 N–H and O–H groups in total. The molecule has 1 aliphatic heterocycles. The normalized spacial score (nSPS) is 16.8. The molecule has 1 amide bonds. The topological polar surface area (TPSA) is 95.6 Å². The first-order valence-corrected chi connectivity index (χ1v) is 11.0. The number of piperidine rings is 1. The fourth-order valence-electron chi connectivity index (χ4n) is 4.19. The number of amides is 1. The number of nitrogens with two attached hydrogens (primary N) is 1. The maximum absolute atomic E-state index is 11.6. The van der Waals surface area contributed by atoms with E-state index in [2.05, 4.69) is 63.6 Å². The van der Waals surface area contributed by atoms with Crippen LogP contribution in [0, 0.1) is 19.8 Å². The first-order chi connectivity index (χ1) is 15.0. The van der Waals surface area contributed by atoms with Crippen molar-refractivity contribution in [1.82, 2.24) is 15.6 Å². The summed E-state index contributed by atoms with van der Waals surface area (Å²) < 4.78 is 0. The van der Waals surface area contributed by atoms with E-state index in [1.807, 2.05) is 6.07 Å². The minimum absolute atomic E-state index is 0.115. The van der Waals surface area contributed by atoms with Crippen LogP contribution in [-0.4, -0.2) is 43.5 Å². The lowest BCUT2D eigenvalue weighted by molar-refractivity contribution is -0.122. The number of benzene rings is 1. The number of carbonyl (C=O) groups is 1. The third kappa shape index (κ3) is 6.44. The molecule has 3 rings (SSSR count). The number of nitrogens with zero attached hydrogens (tertiary/aromatic N) is 3. The lowest BCUT2D eigenvalue weighted by Gasteiger charge is -2.33. The molecule has 0 aliphatic carbocycles. The van der Waals surface area contributed by atoms with E-state index < -0.39 is 0 Å². The number of aryl methyl sites for hydroxylation is 2. The van der Waals surface area contributed by atoms with Crippen molar-refractivity contribution in [2.75, 3.05) is 31.6 Å². The van der Waals surface area contributed by atoms with Gasteiger partial charge in [0.15, 0.2) is 5.96 Å². The van der Waals surface area contributed by atoms with Gasteiger partial charge < -0.3 is 21.3 Å². The van der Waals surface area contributed by atoms with E-state index in [9.17, 15) is 4.79 Å². The molecule has 2 heterocycles. The molecule has 1 saturated heterocycles. The van der Waals surface area contributed by atoms with E-state index in [-0.39, 0.29) is 11.8 Å². The lowest BCUT2D eigenvalue weighted by Crippen LogP contribution is -2.42. The van der Waals surface area contributed by atoms with Gasteiger partial charge in [0.25, 0.3) is 0 Å². The van der Waals surface area contributed by atoms with E-state index in [1.165, 1.54) is 16.7 Å². The molecular formula is C24H34N6O. The average Bonchev–Trinajstić information content (AvgIpc) is 2.75. The summed E-state index contributed by atoms with van der Waals surface area (Å²) in [5.74, 6) is 1.32. The molecule has 2 aromatic rings. The zero-order chi connectivity index (χ0) is 22.2. The van der Waals surface area contributed by atoms with Crippen molar-refractivity contribution in [3.63, 3.8) is 0 Å². The highest BCUT2D eigenvalue weighted by Crippen LogP contribution is 2.24. The number of rotatable bonds is 7. The maximum Gasteiger partial charge on any atom is 0.222 e. The molecule has 1 aromatic carbocycles. The minimum atomic E-state index is -0.228. The van der Waals surface area contributed by atoms with Crippen LogP contribution < -0.4 is 21.3 Å². The molecule has 1 aromatic heterocycles. The average molecular weight is 423 g/mol. The summed E-state index contributed by atoms with van der Waals surface area (Å²) in [6.07, 6.45) is 4.52. The van der Waals surface area contributed by atoms with Crippen molar-refractivity contribution < 1.29 is 4.79 Å². The Morgan fingerprint density at radius 3 is 2.74 bits per heavy atom. The van der Waals surface area contributed by atoms with Gasteiger partial charge in [0.2, 0.25) is 5.91 Å². The second-order valence-electron chi connectivity index (χ2n) is 8.27. The zero-order valence-electron chi connectivity index (χ0n) is 18.8. The van der Waals surface area contributed by atoms with Gasteiger partial charge in [-0.2, -0.15) is 0 Å². The van der Waals surface area contributed by atoms with Crippen LogP contribution in [0.15, 0.2) is 41.5 Å². The SMILES string of the molecule is CN=C(NCCc1cc(C)cc(C)c1)NCc1cccnc1N1CCCC(C(N)=O)C1. The third-order valence-electron chi connectivity index (χ3n) is 5.65. The highest BCUT2D eigenvalue weighted by atomic mass is 16.1. The van der Waals surface area contributed by atoms with Crippen molar-refractivity contribution in [2.45, 2.75) is 39.7 Å². The molecule has 0 bridgehead atoms. The molecule has 166 valence electrons. The molecule has 7 nitrogen and oxygen atoms in total. The van der Waals surface area contributed by atoms with Crippen molar-refractivity contribution in [1.29, 1.82) is 0 Å². The third-order valence-corrected chi connectivity index (χ3v) is 5.65. The van der Waals surface area contributed by atoms with Crippen LogP contribution in [0.2, 0.25) is 0 Å². The number of guanidine groups is 1. The van der Waals surface area contributed by atoms with Crippen LogP contribution in [0.25, 0.3) is 0 Å².